The molecule has 134 valence electrons. The van der Waals surface area contributed by atoms with Crippen molar-refractivity contribution in [1.82, 2.24) is 0 Å². The molecule has 0 amide bonds. The Kier molecular flexibility index (Phi) is 6.98. The Hall–Kier alpha value is -2.37. The van der Waals surface area contributed by atoms with E-state index in [4.69, 9.17) is 19.3 Å². The second kappa shape index (κ2) is 9.20. The van der Waals surface area contributed by atoms with Gasteiger partial charge >= 0.3 is 6.16 Å². The van der Waals surface area contributed by atoms with Crippen LogP contribution in [0.25, 0.3) is 0 Å². The summed E-state index contributed by atoms with van der Waals surface area (Å²) in [5, 5.41) is 9.03. The molecule has 1 atom stereocenters. The molecular formula is C20H24O5. The lowest BCUT2D eigenvalue weighted by atomic mass is 9.76. The molecule has 5 nitrogen and oxygen atoms in total. The Morgan fingerprint density at radius 3 is 2.32 bits per heavy atom. The molecule has 2 rings (SSSR count). The van der Waals surface area contributed by atoms with Crippen LogP contribution in [0.1, 0.15) is 25.0 Å². The molecule has 0 aliphatic rings. The van der Waals surface area contributed by atoms with E-state index in [1.807, 2.05) is 56.3 Å². The highest BCUT2D eigenvalue weighted by Crippen LogP contribution is 2.38. The Morgan fingerprint density at radius 1 is 1.00 bits per heavy atom. The van der Waals surface area contributed by atoms with E-state index in [0.29, 0.717) is 32.2 Å². The molecule has 25 heavy (non-hydrogen) atoms. The van der Waals surface area contributed by atoms with Crippen molar-refractivity contribution in [3.63, 3.8) is 0 Å². The van der Waals surface area contributed by atoms with E-state index in [-0.39, 0.29) is 0 Å². The number of benzene rings is 2. The predicted molar refractivity (Wildman–Crippen MR) is 95.3 cm³/mol. The summed E-state index contributed by atoms with van der Waals surface area (Å²) in [4.78, 5) is 11.0. The van der Waals surface area contributed by atoms with Gasteiger partial charge in [-0.1, -0.05) is 48.5 Å². The van der Waals surface area contributed by atoms with E-state index in [1.54, 1.807) is 12.1 Å². The van der Waals surface area contributed by atoms with Crippen molar-refractivity contribution in [3.05, 3.63) is 65.7 Å². The molecule has 0 fully saturated rings. The van der Waals surface area contributed by atoms with Gasteiger partial charge in [0.15, 0.2) is 0 Å². The average Bonchev–Trinajstić information content (AvgIpc) is 2.62. The fraction of sp³-hybridized carbons (Fsp3) is 0.350. The summed E-state index contributed by atoms with van der Waals surface area (Å²) in [5.41, 5.74) is 1.23. The van der Waals surface area contributed by atoms with Gasteiger partial charge in [0.25, 0.3) is 0 Å². The van der Waals surface area contributed by atoms with Crippen molar-refractivity contribution in [3.8, 4) is 5.75 Å². The summed E-state index contributed by atoms with van der Waals surface area (Å²) >= 11 is 0. The van der Waals surface area contributed by atoms with Gasteiger partial charge in [-0.25, -0.2) is 4.79 Å². The molecular weight excluding hydrogens is 320 g/mol. The highest BCUT2D eigenvalue weighted by Gasteiger charge is 2.32. The summed E-state index contributed by atoms with van der Waals surface area (Å²) < 4.78 is 16.1. The van der Waals surface area contributed by atoms with Crippen LogP contribution >= 0.6 is 0 Å². The smallest absolute Gasteiger partial charge is 0.449 e. The van der Waals surface area contributed by atoms with Crippen molar-refractivity contribution in [2.75, 3.05) is 26.4 Å². The van der Waals surface area contributed by atoms with E-state index < -0.39 is 11.6 Å². The molecule has 2 aromatic carbocycles. The number of ether oxygens (including phenoxy) is 3. The lowest BCUT2D eigenvalue weighted by molar-refractivity contribution is 0.0379. The molecule has 0 aliphatic heterocycles. The number of para-hydroxylation sites is 1. The third-order valence-electron chi connectivity index (χ3n) is 4.06. The first-order valence-electron chi connectivity index (χ1n) is 8.29. The van der Waals surface area contributed by atoms with Crippen LogP contribution in [0, 0.1) is 0 Å². The van der Waals surface area contributed by atoms with Gasteiger partial charge in [-0.05, 0) is 25.5 Å². The lowest BCUT2D eigenvalue weighted by Gasteiger charge is -2.32. The lowest BCUT2D eigenvalue weighted by Crippen LogP contribution is -2.31. The summed E-state index contributed by atoms with van der Waals surface area (Å²) in [6, 6.07) is 17.0. The first-order valence-corrected chi connectivity index (χ1v) is 8.29. The number of hydrogen-bond acceptors (Lipinski definition) is 4. The van der Waals surface area contributed by atoms with Gasteiger partial charge in [-0.3, -0.25) is 0 Å². The van der Waals surface area contributed by atoms with E-state index in [0.717, 1.165) is 11.1 Å². The van der Waals surface area contributed by atoms with E-state index >= 15 is 0 Å². The molecule has 1 N–H and O–H groups in total. The van der Waals surface area contributed by atoms with Gasteiger partial charge < -0.3 is 19.3 Å². The third kappa shape index (κ3) is 5.05. The van der Waals surface area contributed by atoms with E-state index in [9.17, 15) is 4.79 Å². The molecule has 2 aromatic rings. The van der Waals surface area contributed by atoms with Crippen LogP contribution in [0.2, 0.25) is 0 Å². The van der Waals surface area contributed by atoms with Crippen LogP contribution in [0.3, 0.4) is 0 Å². The minimum Gasteiger partial charge on any atom is -0.449 e. The maximum Gasteiger partial charge on any atom is 0.511 e. The van der Waals surface area contributed by atoms with Crippen LogP contribution in [-0.4, -0.2) is 37.7 Å². The van der Waals surface area contributed by atoms with E-state index in [2.05, 4.69) is 0 Å². The quantitative estimate of drug-likeness (QED) is 0.421. The van der Waals surface area contributed by atoms with Crippen LogP contribution in [0.15, 0.2) is 54.6 Å². The summed E-state index contributed by atoms with van der Waals surface area (Å²) in [6.07, 6.45) is -1.33. The third-order valence-corrected chi connectivity index (χ3v) is 4.06. The van der Waals surface area contributed by atoms with E-state index in [1.165, 1.54) is 0 Å². The molecule has 0 aliphatic carbocycles. The van der Waals surface area contributed by atoms with Crippen molar-refractivity contribution >= 4 is 6.16 Å². The van der Waals surface area contributed by atoms with Crippen LogP contribution in [-0.2, 0) is 14.9 Å². The summed E-state index contributed by atoms with van der Waals surface area (Å²) in [6.45, 7) is 5.98. The van der Waals surface area contributed by atoms with Crippen LogP contribution in [0.5, 0.6) is 5.75 Å². The summed E-state index contributed by atoms with van der Waals surface area (Å²) in [5.74, 6) is 0.315. The first-order chi connectivity index (χ1) is 12.1. The van der Waals surface area contributed by atoms with Crippen LogP contribution < -0.4 is 4.74 Å². The molecule has 0 heterocycles. The molecule has 0 saturated carbocycles. The molecule has 0 radical (unpaired) electrons. The topological polar surface area (TPSA) is 65.0 Å². The number of rotatable bonds is 9. The van der Waals surface area contributed by atoms with Crippen molar-refractivity contribution in [1.29, 1.82) is 0 Å². The zero-order valence-corrected chi connectivity index (χ0v) is 14.6. The zero-order valence-electron chi connectivity index (χ0n) is 14.6. The Balaban J connectivity index is 2.33. The monoisotopic (exact) mass is 344 g/mol. The van der Waals surface area contributed by atoms with Gasteiger partial charge in [-0.2, -0.15) is 0 Å². The highest BCUT2D eigenvalue weighted by atomic mass is 16.7. The van der Waals surface area contributed by atoms with Crippen molar-refractivity contribution < 1.29 is 24.1 Å². The fourth-order valence-corrected chi connectivity index (χ4v) is 2.77. The van der Waals surface area contributed by atoms with Gasteiger partial charge in [0.05, 0.1) is 19.8 Å². The fourth-order valence-electron chi connectivity index (χ4n) is 2.77. The Labute approximate surface area is 148 Å². The largest absolute Gasteiger partial charge is 0.511 e. The molecule has 5 heteroatoms. The second-order valence-electron chi connectivity index (χ2n) is 5.81. The molecule has 0 aromatic heterocycles. The molecule has 0 saturated heterocycles. The van der Waals surface area contributed by atoms with Crippen LogP contribution in [0.4, 0.5) is 4.79 Å². The molecule has 0 spiro atoms. The first kappa shape index (κ1) is 19.0. The number of hydrogen-bond donors (Lipinski definition) is 1. The maximum atomic E-state index is 11.0. The minimum absolute atomic E-state index is 0.315. The predicted octanol–water partition coefficient (Wildman–Crippen LogP) is 4.10. The highest BCUT2D eigenvalue weighted by molar-refractivity contribution is 5.63. The van der Waals surface area contributed by atoms with Crippen molar-refractivity contribution in [2.24, 2.45) is 0 Å². The summed E-state index contributed by atoms with van der Waals surface area (Å²) in [7, 11) is 0. The second-order valence-corrected chi connectivity index (χ2v) is 5.81. The van der Waals surface area contributed by atoms with Gasteiger partial charge in [0.2, 0.25) is 0 Å². The number of carbonyl (C=O) groups is 1. The average molecular weight is 344 g/mol. The normalized spacial score (nSPS) is 13.2. The SMILES string of the molecule is CCOCCOCC(C)(c1ccccc1)c1ccccc1OC(=O)O. The maximum absolute atomic E-state index is 11.0. The Bertz CT molecular complexity index is 671. The Morgan fingerprint density at radius 2 is 1.64 bits per heavy atom. The van der Waals surface area contributed by atoms with Gasteiger partial charge in [0, 0.05) is 17.6 Å². The van der Waals surface area contributed by atoms with Gasteiger partial charge in [-0.15, -0.1) is 0 Å². The number of carboxylic acid groups (broad SMARTS) is 1. The van der Waals surface area contributed by atoms with Gasteiger partial charge in [0.1, 0.15) is 5.75 Å². The standard InChI is InChI=1S/C20H24O5/c1-3-23-13-14-24-15-20(2,16-9-5-4-6-10-16)17-11-7-8-12-18(17)25-19(21)22/h4-12H,3,13-15H2,1-2H3,(H,21,22). The molecule has 1 unspecified atom stereocenters. The minimum atomic E-state index is -1.33. The zero-order chi connectivity index (χ0) is 18.1. The van der Waals surface area contributed by atoms with Crippen molar-refractivity contribution in [2.45, 2.75) is 19.3 Å². The molecule has 0 bridgehead atoms.